The maximum atomic E-state index is 13.2. The summed E-state index contributed by atoms with van der Waals surface area (Å²) in [6.45, 7) is 2.04. The molecule has 0 aliphatic heterocycles. The molecule has 4 aromatic rings. The summed E-state index contributed by atoms with van der Waals surface area (Å²) in [4.78, 5) is 13.2. The van der Waals surface area contributed by atoms with Gasteiger partial charge < -0.3 is 9.15 Å². The van der Waals surface area contributed by atoms with Crippen molar-refractivity contribution in [1.82, 2.24) is 0 Å². The van der Waals surface area contributed by atoms with E-state index in [9.17, 15) is 9.18 Å². The van der Waals surface area contributed by atoms with Gasteiger partial charge in [-0.15, -0.1) is 0 Å². The third-order valence-electron chi connectivity index (χ3n) is 4.48. The average Bonchev–Trinajstić information content (AvgIpc) is 2.70. The molecule has 0 bridgehead atoms. The minimum atomic E-state index is -0.381. The lowest BCUT2D eigenvalue weighted by Crippen LogP contribution is -2.10. The number of aryl methyl sites for hydroxylation is 1. The second-order valence-corrected chi connectivity index (χ2v) is 7.48. The van der Waals surface area contributed by atoms with Crippen molar-refractivity contribution in [2.75, 3.05) is 0 Å². The van der Waals surface area contributed by atoms with Gasteiger partial charge in [-0.1, -0.05) is 65.2 Å². The second-order valence-electron chi connectivity index (χ2n) is 6.63. The topological polar surface area (TPSA) is 39.4 Å². The van der Waals surface area contributed by atoms with Crippen molar-refractivity contribution in [3.05, 3.63) is 97.9 Å². The molecule has 0 amide bonds. The molecule has 6 heteroatoms. The smallest absolute Gasteiger partial charge is 0.235 e. The van der Waals surface area contributed by atoms with Crippen molar-refractivity contribution in [2.45, 2.75) is 13.5 Å². The molecule has 146 valence electrons. The van der Waals surface area contributed by atoms with Crippen LogP contribution in [0.25, 0.3) is 22.3 Å². The summed E-state index contributed by atoms with van der Waals surface area (Å²) in [6, 6.07) is 16.4. The number of rotatable bonds is 4. The van der Waals surface area contributed by atoms with Crippen molar-refractivity contribution < 1.29 is 13.5 Å². The highest BCUT2D eigenvalue weighted by Crippen LogP contribution is 2.35. The van der Waals surface area contributed by atoms with Gasteiger partial charge in [-0.3, -0.25) is 4.79 Å². The van der Waals surface area contributed by atoms with E-state index in [2.05, 4.69) is 0 Å². The zero-order valence-electron chi connectivity index (χ0n) is 15.3. The highest BCUT2D eigenvalue weighted by molar-refractivity contribution is 6.38. The number of ether oxygens (including phenoxy) is 1. The van der Waals surface area contributed by atoms with Crippen LogP contribution in [-0.4, -0.2) is 0 Å². The van der Waals surface area contributed by atoms with Gasteiger partial charge in [0, 0.05) is 10.6 Å². The van der Waals surface area contributed by atoms with Crippen LogP contribution in [0.5, 0.6) is 5.75 Å². The molecule has 0 N–H and O–H groups in total. The van der Waals surface area contributed by atoms with E-state index in [0.29, 0.717) is 16.1 Å². The van der Waals surface area contributed by atoms with Crippen molar-refractivity contribution in [2.24, 2.45) is 0 Å². The van der Waals surface area contributed by atoms with Crippen LogP contribution in [0.1, 0.15) is 11.1 Å². The van der Waals surface area contributed by atoms with Crippen LogP contribution in [0, 0.1) is 12.7 Å². The first-order valence-electron chi connectivity index (χ1n) is 8.82. The molecule has 3 nitrogen and oxygen atoms in total. The highest BCUT2D eigenvalue weighted by Gasteiger charge is 2.20. The van der Waals surface area contributed by atoms with Gasteiger partial charge in [0.05, 0.1) is 10.4 Å². The third-order valence-corrected chi connectivity index (χ3v) is 4.98. The Morgan fingerprint density at radius 3 is 2.38 bits per heavy atom. The molecule has 0 aliphatic rings. The molecule has 29 heavy (non-hydrogen) atoms. The van der Waals surface area contributed by atoms with Crippen LogP contribution in [0.2, 0.25) is 10.0 Å². The fourth-order valence-electron chi connectivity index (χ4n) is 2.97. The molecular weight excluding hydrogens is 414 g/mol. The Balaban J connectivity index is 1.88. The fraction of sp³-hybridized carbons (Fsp3) is 0.0870. The molecule has 4 rings (SSSR count). The first kappa shape index (κ1) is 19.5. The fourth-order valence-corrected chi connectivity index (χ4v) is 3.50. The van der Waals surface area contributed by atoms with Gasteiger partial charge >= 0.3 is 0 Å². The van der Waals surface area contributed by atoms with E-state index in [1.165, 1.54) is 24.3 Å². The van der Waals surface area contributed by atoms with Crippen LogP contribution >= 0.6 is 23.2 Å². The molecule has 0 unspecified atom stereocenters. The average molecular weight is 429 g/mol. The Morgan fingerprint density at radius 1 is 1.00 bits per heavy atom. The highest BCUT2D eigenvalue weighted by atomic mass is 35.5. The lowest BCUT2D eigenvalue weighted by atomic mass is 10.1. The predicted molar refractivity (Wildman–Crippen MR) is 113 cm³/mol. The minimum Gasteiger partial charge on any atom is -0.481 e. The maximum absolute atomic E-state index is 13.2. The first-order valence-corrected chi connectivity index (χ1v) is 9.58. The van der Waals surface area contributed by atoms with Gasteiger partial charge in [0.1, 0.15) is 12.4 Å². The van der Waals surface area contributed by atoms with E-state index in [1.54, 1.807) is 12.1 Å². The molecule has 0 fully saturated rings. The van der Waals surface area contributed by atoms with Crippen molar-refractivity contribution >= 4 is 34.2 Å². The summed E-state index contributed by atoms with van der Waals surface area (Å²) in [5, 5.41) is 0.790. The largest absolute Gasteiger partial charge is 0.481 e. The molecule has 1 aromatic heterocycles. The molecule has 0 spiro atoms. The Hall–Kier alpha value is -2.82. The summed E-state index contributed by atoms with van der Waals surface area (Å²) in [5.41, 5.74) is 2.31. The molecule has 0 atom stereocenters. The standard InChI is InChI=1S/C23H15Cl2FO3/c1-13-2-6-15(7-3-13)21-23(28-12-14-4-8-17(26)9-5-14)20(27)18-10-16(24)11-19(25)22(18)29-21/h2-11H,12H2,1H3. The molecular formula is C23H15Cl2FO3. The quantitative estimate of drug-likeness (QED) is 0.359. The van der Waals surface area contributed by atoms with Crippen molar-refractivity contribution in [3.63, 3.8) is 0 Å². The SMILES string of the molecule is Cc1ccc(-c2oc3c(Cl)cc(Cl)cc3c(=O)c2OCc2ccc(F)cc2)cc1. The van der Waals surface area contributed by atoms with Crippen LogP contribution in [0.15, 0.2) is 69.9 Å². The molecule has 1 heterocycles. The zero-order valence-corrected chi connectivity index (χ0v) is 16.9. The lowest BCUT2D eigenvalue weighted by molar-refractivity contribution is 0.297. The summed E-state index contributed by atoms with van der Waals surface area (Å²) >= 11 is 12.3. The van der Waals surface area contributed by atoms with E-state index < -0.39 is 0 Å². The van der Waals surface area contributed by atoms with Crippen molar-refractivity contribution in [1.29, 1.82) is 0 Å². The number of hydrogen-bond acceptors (Lipinski definition) is 3. The summed E-state index contributed by atoms with van der Waals surface area (Å²) < 4.78 is 25.0. The Labute approximate surface area is 176 Å². The molecule has 0 aliphatic carbocycles. The molecule has 3 aromatic carbocycles. The molecule has 0 saturated heterocycles. The Bertz CT molecular complexity index is 1250. The van der Waals surface area contributed by atoms with E-state index >= 15 is 0 Å². The lowest BCUT2D eigenvalue weighted by Gasteiger charge is -2.13. The van der Waals surface area contributed by atoms with E-state index in [4.69, 9.17) is 32.4 Å². The van der Waals surface area contributed by atoms with Crippen LogP contribution in [-0.2, 0) is 6.61 Å². The number of hydrogen-bond donors (Lipinski definition) is 0. The van der Waals surface area contributed by atoms with Gasteiger partial charge in [-0.05, 0) is 36.8 Å². The van der Waals surface area contributed by atoms with Gasteiger partial charge in [0.15, 0.2) is 11.3 Å². The monoisotopic (exact) mass is 428 g/mol. The van der Waals surface area contributed by atoms with Gasteiger partial charge in [-0.2, -0.15) is 0 Å². The van der Waals surface area contributed by atoms with Crippen LogP contribution < -0.4 is 10.2 Å². The molecule has 0 saturated carbocycles. The maximum Gasteiger partial charge on any atom is 0.235 e. The van der Waals surface area contributed by atoms with Crippen LogP contribution in [0.3, 0.4) is 0 Å². The van der Waals surface area contributed by atoms with E-state index in [-0.39, 0.29) is 45.4 Å². The third kappa shape index (κ3) is 4.00. The van der Waals surface area contributed by atoms with Gasteiger partial charge in [-0.25, -0.2) is 4.39 Å². The minimum absolute atomic E-state index is 0.0454. The normalized spacial score (nSPS) is 11.0. The van der Waals surface area contributed by atoms with Crippen molar-refractivity contribution in [3.8, 4) is 17.1 Å². The number of benzene rings is 3. The number of fused-ring (bicyclic) bond motifs is 1. The zero-order chi connectivity index (χ0) is 20.5. The van der Waals surface area contributed by atoms with Gasteiger partial charge in [0.2, 0.25) is 11.2 Å². The Kier molecular flexibility index (Phi) is 5.31. The van der Waals surface area contributed by atoms with Gasteiger partial charge in [0.25, 0.3) is 0 Å². The number of halogens is 3. The molecule has 0 radical (unpaired) electrons. The first-order chi connectivity index (χ1) is 13.9. The second kappa shape index (κ2) is 7.90. The Morgan fingerprint density at radius 2 is 1.69 bits per heavy atom. The predicted octanol–water partition coefficient (Wildman–Crippen LogP) is 6.79. The summed E-state index contributed by atoms with van der Waals surface area (Å²) in [6.07, 6.45) is 0. The van der Waals surface area contributed by atoms with E-state index in [0.717, 1.165) is 5.56 Å². The summed E-state index contributed by atoms with van der Waals surface area (Å²) in [7, 11) is 0. The summed E-state index contributed by atoms with van der Waals surface area (Å²) in [5.74, 6) is -0.0264. The van der Waals surface area contributed by atoms with Crippen LogP contribution in [0.4, 0.5) is 4.39 Å². The van der Waals surface area contributed by atoms with E-state index in [1.807, 2.05) is 31.2 Å².